The van der Waals surface area contributed by atoms with Gasteiger partial charge in [0.05, 0.1) is 6.61 Å². The molecule has 2 aromatic rings. The highest BCUT2D eigenvalue weighted by Gasteiger charge is 2.35. The number of nitrogens with zero attached hydrogens (tertiary/aromatic N) is 3. The second kappa shape index (κ2) is 8.46. The average molecular weight is 354 g/mol. The van der Waals surface area contributed by atoms with Gasteiger partial charge in [0.1, 0.15) is 31.1 Å². The summed E-state index contributed by atoms with van der Waals surface area (Å²) in [5.74, 6) is 0.749. The highest BCUT2D eigenvalue weighted by molar-refractivity contribution is 6.30. The summed E-state index contributed by atoms with van der Waals surface area (Å²) in [6, 6.07) is 7.22. The van der Waals surface area contributed by atoms with Crippen LogP contribution in [0.3, 0.4) is 0 Å². The first kappa shape index (κ1) is 18.7. The van der Waals surface area contributed by atoms with Crippen molar-refractivity contribution in [1.82, 2.24) is 14.8 Å². The van der Waals surface area contributed by atoms with Crippen LogP contribution in [0.25, 0.3) is 0 Å². The maximum absolute atomic E-state index is 6.00. The van der Waals surface area contributed by atoms with E-state index in [4.69, 9.17) is 25.8 Å². The zero-order chi connectivity index (χ0) is 17.6. The first-order valence-electron chi connectivity index (χ1n) is 7.78. The molecule has 2 atom stereocenters. The topological polar surface area (TPSA) is 58.4 Å². The molecule has 1 aromatic heterocycles. The highest BCUT2D eigenvalue weighted by Crippen LogP contribution is 2.31. The molecule has 132 valence electrons. The first-order valence-corrected chi connectivity index (χ1v) is 8.16. The quantitative estimate of drug-likeness (QED) is 0.679. The van der Waals surface area contributed by atoms with E-state index < -0.39 is 0 Å². The van der Waals surface area contributed by atoms with E-state index >= 15 is 0 Å². The SMILES string of the molecule is COC(C(OCCOc1ccc(Cl)cc1)n1cncn1)C(C)(C)C. The van der Waals surface area contributed by atoms with Gasteiger partial charge >= 0.3 is 0 Å². The average Bonchev–Trinajstić information content (AvgIpc) is 3.05. The Morgan fingerprint density at radius 3 is 2.42 bits per heavy atom. The van der Waals surface area contributed by atoms with Crippen LogP contribution in [0.4, 0.5) is 0 Å². The largest absolute Gasteiger partial charge is 0.491 e. The maximum Gasteiger partial charge on any atom is 0.178 e. The van der Waals surface area contributed by atoms with Gasteiger partial charge in [0.25, 0.3) is 0 Å². The molecule has 2 rings (SSSR count). The number of rotatable bonds is 8. The highest BCUT2D eigenvalue weighted by atomic mass is 35.5. The van der Waals surface area contributed by atoms with Crippen molar-refractivity contribution in [3.63, 3.8) is 0 Å². The van der Waals surface area contributed by atoms with E-state index in [-0.39, 0.29) is 17.7 Å². The maximum atomic E-state index is 6.00. The molecule has 6 nitrogen and oxygen atoms in total. The monoisotopic (exact) mass is 353 g/mol. The van der Waals surface area contributed by atoms with Crippen molar-refractivity contribution < 1.29 is 14.2 Å². The predicted octanol–water partition coefficient (Wildman–Crippen LogP) is 3.59. The second-order valence-electron chi connectivity index (χ2n) is 6.46. The summed E-state index contributed by atoms with van der Waals surface area (Å²) in [5, 5.41) is 4.87. The van der Waals surface area contributed by atoms with Crippen molar-refractivity contribution in [2.24, 2.45) is 5.41 Å². The smallest absolute Gasteiger partial charge is 0.178 e. The molecule has 7 heteroatoms. The molecule has 24 heavy (non-hydrogen) atoms. The second-order valence-corrected chi connectivity index (χ2v) is 6.90. The zero-order valence-corrected chi connectivity index (χ0v) is 15.2. The van der Waals surface area contributed by atoms with Crippen molar-refractivity contribution >= 4 is 11.6 Å². The number of ether oxygens (including phenoxy) is 3. The molecule has 0 aliphatic rings. The number of benzene rings is 1. The third-order valence-electron chi connectivity index (χ3n) is 3.52. The van der Waals surface area contributed by atoms with Crippen LogP contribution in [0.5, 0.6) is 5.75 Å². The van der Waals surface area contributed by atoms with Crippen LogP contribution in [0.1, 0.15) is 27.0 Å². The van der Waals surface area contributed by atoms with Crippen LogP contribution in [0.15, 0.2) is 36.9 Å². The summed E-state index contributed by atoms with van der Waals surface area (Å²) in [6.45, 7) is 7.09. The van der Waals surface area contributed by atoms with Crippen molar-refractivity contribution in [2.45, 2.75) is 33.1 Å². The molecule has 0 saturated heterocycles. The number of hydrogen-bond donors (Lipinski definition) is 0. The summed E-state index contributed by atoms with van der Waals surface area (Å²) in [7, 11) is 1.67. The minimum absolute atomic E-state index is 0.123. The molecule has 2 unspecified atom stereocenters. The minimum atomic E-state index is -0.383. The fraction of sp³-hybridized carbons (Fsp3) is 0.529. The number of aromatic nitrogens is 3. The molecule has 0 aliphatic heterocycles. The molecule has 0 N–H and O–H groups in total. The molecule has 1 heterocycles. The molecular weight excluding hydrogens is 330 g/mol. The summed E-state index contributed by atoms with van der Waals surface area (Å²) < 4.78 is 19.0. The van der Waals surface area contributed by atoms with E-state index in [9.17, 15) is 0 Å². The third kappa shape index (κ3) is 5.19. The standard InChI is InChI=1S/C17H24ClN3O3/c1-17(2,3)15(22-4)16(21-12-19-11-20-21)24-10-9-23-14-7-5-13(18)6-8-14/h5-8,11-12,15-16H,9-10H2,1-4H3. The van der Waals surface area contributed by atoms with E-state index in [1.54, 1.807) is 30.3 Å². The Morgan fingerprint density at radius 1 is 1.17 bits per heavy atom. The summed E-state index contributed by atoms with van der Waals surface area (Å²) in [5.41, 5.74) is -0.123. The van der Waals surface area contributed by atoms with Gasteiger partial charge in [-0.05, 0) is 29.7 Å². The molecule has 0 saturated carbocycles. The van der Waals surface area contributed by atoms with Gasteiger partial charge in [-0.2, -0.15) is 5.10 Å². The Morgan fingerprint density at radius 2 is 1.88 bits per heavy atom. The Labute approximate surface area is 147 Å². The lowest BCUT2D eigenvalue weighted by Crippen LogP contribution is -2.39. The van der Waals surface area contributed by atoms with Gasteiger partial charge in [0.15, 0.2) is 6.23 Å². The molecule has 1 aromatic carbocycles. The fourth-order valence-electron chi connectivity index (χ4n) is 2.41. The molecular formula is C17H24ClN3O3. The van der Waals surface area contributed by atoms with Crippen LogP contribution < -0.4 is 4.74 Å². The summed E-state index contributed by atoms with van der Waals surface area (Å²) in [6.07, 6.45) is 2.54. The lowest BCUT2D eigenvalue weighted by atomic mass is 9.88. The van der Waals surface area contributed by atoms with Crippen molar-refractivity contribution in [1.29, 1.82) is 0 Å². The number of hydrogen-bond acceptors (Lipinski definition) is 5. The lowest BCUT2D eigenvalue weighted by molar-refractivity contribution is -0.144. The van der Waals surface area contributed by atoms with Gasteiger partial charge in [0.2, 0.25) is 0 Å². The van der Waals surface area contributed by atoms with Crippen LogP contribution in [-0.2, 0) is 9.47 Å². The Bertz CT molecular complexity index is 597. The molecule has 0 amide bonds. The van der Waals surface area contributed by atoms with Gasteiger partial charge in [0, 0.05) is 12.1 Å². The fourth-order valence-corrected chi connectivity index (χ4v) is 2.53. The van der Waals surface area contributed by atoms with Gasteiger partial charge < -0.3 is 14.2 Å². The minimum Gasteiger partial charge on any atom is -0.491 e. The molecule has 0 aliphatic carbocycles. The van der Waals surface area contributed by atoms with Crippen LogP contribution >= 0.6 is 11.6 Å². The van der Waals surface area contributed by atoms with Gasteiger partial charge in [-0.1, -0.05) is 32.4 Å². The summed E-state index contributed by atoms with van der Waals surface area (Å²) in [4.78, 5) is 4.00. The van der Waals surface area contributed by atoms with Crippen LogP contribution in [0, 0.1) is 5.41 Å². The lowest BCUT2D eigenvalue weighted by Gasteiger charge is -2.35. The normalized spacial score (nSPS) is 14.4. The van der Waals surface area contributed by atoms with Crippen molar-refractivity contribution in [2.75, 3.05) is 20.3 Å². The van der Waals surface area contributed by atoms with E-state index in [0.29, 0.717) is 18.2 Å². The molecule has 0 radical (unpaired) electrons. The van der Waals surface area contributed by atoms with Crippen molar-refractivity contribution in [3.8, 4) is 5.75 Å². The van der Waals surface area contributed by atoms with Crippen LogP contribution in [0.2, 0.25) is 5.02 Å². The molecule has 0 fully saturated rings. The third-order valence-corrected chi connectivity index (χ3v) is 3.77. The number of methoxy groups -OCH3 is 1. The Balaban J connectivity index is 1.95. The molecule has 0 bridgehead atoms. The number of halogens is 1. The zero-order valence-electron chi connectivity index (χ0n) is 14.5. The van der Waals surface area contributed by atoms with E-state index in [1.807, 2.05) is 12.1 Å². The Hall–Kier alpha value is -1.63. The van der Waals surface area contributed by atoms with E-state index in [2.05, 4.69) is 30.9 Å². The molecule has 0 spiro atoms. The van der Waals surface area contributed by atoms with E-state index in [1.165, 1.54) is 6.33 Å². The van der Waals surface area contributed by atoms with Gasteiger partial charge in [-0.15, -0.1) is 0 Å². The van der Waals surface area contributed by atoms with E-state index in [0.717, 1.165) is 5.75 Å². The Kier molecular flexibility index (Phi) is 6.60. The summed E-state index contributed by atoms with van der Waals surface area (Å²) >= 11 is 5.86. The predicted molar refractivity (Wildman–Crippen MR) is 92.2 cm³/mol. The van der Waals surface area contributed by atoms with Crippen LogP contribution in [-0.4, -0.2) is 41.2 Å². The van der Waals surface area contributed by atoms with Crippen molar-refractivity contribution in [3.05, 3.63) is 41.9 Å². The van der Waals surface area contributed by atoms with Gasteiger partial charge in [-0.25, -0.2) is 9.67 Å². The first-order chi connectivity index (χ1) is 11.4. The van der Waals surface area contributed by atoms with Gasteiger partial charge in [-0.3, -0.25) is 0 Å².